The molecule has 3 nitrogen and oxygen atoms in total. The average Bonchev–Trinajstić information content (AvgIpc) is 2.22. The lowest BCUT2D eigenvalue weighted by atomic mass is 10.0. The Hall–Kier alpha value is -1.58. The average molecular weight is 205 g/mol. The summed E-state index contributed by atoms with van der Waals surface area (Å²) < 4.78 is 13.8. The van der Waals surface area contributed by atoms with Crippen LogP contribution in [0.1, 0.15) is 18.4 Å². The second kappa shape index (κ2) is 3.88. The molecule has 2 heterocycles. The third-order valence-electron chi connectivity index (χ3n) is 2.34. The van der Waals surface area contributed by atoms with E-state index in [1.165, 1.54) is 0 Å². The highest BCUT2D eigenvalue weighted by molar-refractivity contribution is 6.10. The zero-order chi connectivity index (χ0) is 10.8. The van der Waals surface area contributed by atoms with Crippen LogP contribution in [-0.2, 0) is 0 Å². The molecular formula is C11H12FN3. The van der Waals surface area contributed by atoms with Crippen molar-refractivity contribution in [3.8, 4) is 0 Å². The van der Waals surface area contributed by atoms with Gasteiger partial charge < -0.3 is 0 Å². The number of dihydropyridines is 1. The molecular weight excluding hydrogens is 193 g/mol. The first-order chi connectivity index (χ1) is 7.18. The zero-order valence-corrected chi connectivity index (χ0v) is 8.74. The molecule has 0 amide bonds. The minimum atomic E-state index is -0.153. The Morgan fingerprint density at radius 2 is 2.27 bits per heavy atom. The lowest BCUT2D eigenvalue weighted by Gasteiger charge is -2.14. The summed E-state index contributed by atoms with van der Waals surface area (Å²) in [6.07, 6.45) is 3.18. The molecule has 0 fully saturated rings. The first-order valence-electron chi connectivity index (χ1n) is 4.88. The van der Waals surface area contributed by atoms with Gasteiger partial charge in [-0.3, -0.25) is 4.99 Å². The molecule has 0 saturated carbocycles. The topological polar surface area (TPSA) is 38.1 Å². The van der Waals surface area contributed by atoms with Gasteiger partial charge in [0.15, 0.2) is 0 Å². The van der Waals surface area contributed by atoms with Gasteiger partial charge in [0.1, 0.15) is 11.7 Å². The minimum Gasteiger partial charge on any atom is -0.292 e. The Morgan fingerprint density at radius 1 is 1.47 bits per heavy atom. The highest BCUT2D eigenvalue weighted by atomic mass is 19.1. The normalized spacial score (nSPS) is 20.9. The third-order valence-corrected chi connectivity index (χ3v) is 2.34. The zero-order valence-electron chi connectivity index (χ0n) is 8.74. The number of nitrogens with zero attached hydrogens (tertiary/aromatic N) is 3. The molecule has 0 N–H and O–H groups in total. The molecule has 15 heavy (non-hydrogen) atoms. The van der Waals surface area contributed by atoms with Crippen molar-refractivity contribution in [1.82, 2.24) is 9.97 Å². The number of hydrogen-bond acceptors (Lipinski definition) is 3. The van der Waals surface area contributed by atoms with Gasteiger partial charge in [0.25, 0.3) is 0 Å². The van der Waals surface area contributed by atoms with Gasteiger partial charge in [0, 0.05) is 30.4 Å². The lowest BCUT2D eigenvalue weighted by Crippen LogP contribution is -2.10. The Bertz CT molecular complexity index is 437. The molecule has 1 aromatic rings. The van der Waals surface area contributed by atoms with Crippen LogP contribution in [0.15, 0.2) is 23.1 Å². The van der Waals surface area contributed by atoms with Gasteiger partial charge in [0.2, 0.25) is 0 Å². The minimum absolute atomic E-state index is 0.136. The number of allylic oxidation sites excluding steroid dienone is 1. The van der Waals surface area contributed by atoms with Gasteiger partial charge in [0.05, 0.1) is 5.69 Å². The van der Waals surface area contributed by atoms with Crippen molar-refractivity contribution in [2.45, 2.75) is 13.8 Å². The first kappa shape index (κ1) is 9.96. The summed E-state index contributed by atoms with van der Waals surface area (Å²) in [5.74, 6) is 0.350. The molecule has 0 bridgehead atoms. The monoisotopic (exact) mass is 205 g/mol. The van der Waals surface area contributed by atoms with E-state index in [2.05, 4.69) is 15.0 Å². The summed E-state index contributed by atoms with van der Waals surface area (Å²) in [5, 5.41) is 0. The first-order valence-corrected chi connectivity index (χ1v) is 4.88. The Balaban J connectivity index is 2.46. The van der Waals surface area contributed by atoms with Crippen LogP contribution in [0.3, 0.4) is 0 Å². The summed E-state index contributed by atoms with van der Waals surface area (Å²) in [6, 6.07) is 1.70. The van der Waals surface area contributed by atoms with Gasteiger partial charge in [-0.05, 0) is 13.0 Å². The number of rotatable bonds is 1. The third kappa shape index (κ3) is 1.93. The van der Waals surface area contributed by atoms with Gasteiger partial charge in [-0.25, -0.2) is 14.4 Å². The molecule has 0 saturated heterocycles. The number of halogens is 1. The maximum absolute atomic E-state index is 13.8. The van der Waals surface area contributed by atoms with Crippen LogP contribution < -0.4 is 0 Å². The molecule has 0 aromatic carbocycles. The van der Waals surface area contributed by atoms with Crippen LogP contribution in [0, 0.1) is 12.8 Å². The maximum Gasteiger partial charge on any atom is 0.125 e. The van der Waals surface area contributed by atoms with Crippen molar-refractivity contribution in [1.29, 1.82) is 0 Å². The summed E-state index contributed by atoms with van der Waals surface area (Å²) >= 11 is 0. The van der Waals surface area contributed by atoms with Gasteiger partial charge in [-0.15, -0.1) is 0 Å². The quantitative estimate of drug-likeness (QED) is 0.704. The lowest BCUT2D eigenvalue weighted by molar-refractivity contribution is 0.500. The summed E-state index contributed by atoms with van der Waals surface area (Å²) in [4.78, 5) is 12.3. The van der Waals surface area contributed by atoms with Crippen LogP contribution in [0.5, 0.6) is 0 Å². The fourth-order valence-corrected chi connectivity index (χ4v) is 1.50. The van der Waals surface area contributed by atoms with Crippen molar-refractivity contribution in [3.63, 3.8) is 0 Å². The maximum atomic E-state index is 13.8. The van der Waals surface area contributed by atoms with Gasteiger partial charge in [-0.1, -0.05) is 6.92 Å². The molecule has 1 aliphatic rings. The summed E-state index contributed by atoms with van der Waals surface area (Å²) in [5.41, 5.74) is 1.09. The fraction of sp³-hybridized carbons (Fsp3) is 0.364. The van der Waals surface area contributed by atoms with E-state index in [9.17, 15) is 4.39 Å². The predicted molar refractivity (Wildman–Crippen MR) is 57.3 cm³/mol. The van der Waals surface area contributed by atoms with Crippen molar-refractivity contribution >= 4 is 11.8 Å². The Morgan fingerprint density at radius 3 is 3.00 bits per heavy atom. The van der Waals surface area contributed by atoms with Crippen LogP contribution in [0.4, 0.5) is 4.39 Å². The molecule has 1 unspecified atom stereocenters. The molecule has 1 atom stereocenters. The molecule has 78 valence electrons. The highest BCUT2D eigenvalue weighted by Crippen LogP contribution is 2.25. The summed E-state index contributed by atoms with van der Waals surface area (Å²) in [7, 11) is 0. The molecule has 2 rings (SSSR count). The van der Waals surface area contributed by atoms with E-state index in [0.717, 1.165) is 0 Å². The van der Waals surface area contributed by atoms with Crippen molar-refractivity contribution in [2.24, 2.45) is 10.9 Å². The number of hydrogen-bond donors (Lipinski definition) is 0. The second-order valence-electron chi connectivity index (χ2n) is 3.65. The van der Waals surface area contributed by atoms with E-state index in [-0.39, 0.29) is 11.7 Å². The van der Waals surface area contributed by atoms with Crippen LogP contribution >= 0.6 is 0 Å². The van der Waals surface area contributed by atoms with Crippen LogP contribution in [-0.4, -0.2) is 22.7 Å². The standard InChI is InChI=1S/C11H12FN3/c1-7-5-13-6-9(11(7)12)10-3-4-14-8(2)15-10/h3-4,6-7H,5H2,1-2H3. The van der Waals surface area contributed by atoms with E-state index >= 15 is 0 Å². The SMILES string of the molecule is Cc1nccc(C2=C(F)C(C)CN=C2)n1. The van der Waals surface area contributed by atoms with Gasteiger partial charge >= 0.3 is 0 Å². The van der Waals surface area contributed by atoms with E-state index < -0.39 is 0 Å². The van der Waals surface area contributed by atoms with Crippen molar-refractivity contribution in [2.75, 3.05) is 6.54 Å². The van der Waals surface area contributed by atoms with Gasteiger partial charge in [-0.2, -0.15) is 0 Å². The fourth-order valence-electron chi connectivity index (χ4n) is 1.50. The van der Waals surface area contributed by atoms with Crippen LogP contribution in [0.2, 0.25) is 0 Å². The Labute approximate surface area is 87.8 Å². The number of aromatic nitrogens is 2. The second-order valence-corrected chi connectivity index (χ2v) is 3.65. The summed E-state index contributed by atoms with van der Waals surface area (Å²) in [6.45, 7) is 4.12. The van der Waals surface area contributed by atoms with E-state index in [4.69, 9.17) is 0 Å². The molecule has 4 heteroatoms. The molecule has 1 aliphatic heterocycles. The predicted octanol–water partition coefficient (Wildman–Crippen LogP) is 2.19. The molecule has 1 aromatic heterocycles. The molecule has 0 aliphatic carbocycles. The highest BCUT2D eigenvalue weighted by Gasteiger charge is 2.18. The van der Waals surface area contributed by atoms with E-state index in [1.54, 1.807) is 25.4 Å². The Kier molecular flexibility index (Phi) is 2.58. The molecule has 0 spiro atoms. The molecule has 0 radical (unpaired) electrons. The van der Waals surface area contributed by atoms with Crippen LogP contribution in [0.25, 0.3) is 5.57 Å². The smallest absolute Gasteiger partial charge is 0.125 e. The van der Waals surface area contributed by atoms with Crippen molar-refractivity contribution in [3.05, 3.63) is 29.6 Å². The number of aliphatic imine (C=N–C) groups is 1. The number of aryl methyl sites for hydroxylation is 1. The van der Waals surface area contributed by atoms with Crippen molar-refractivity contribution < 1.29 is 4.39 Å². The van der Waals surface area contributed by atoms with E-state index in [0.29, 0.717) is 23.6 Å². The van der Waals surface area contributed by atoms with E-state index in [1.807, 2.05) is 6.92 Å². The largest absolute Gasteiger partial charge is 0.292 e.